The smallest absolute Gasteiger partial charge is 0.329 e. The van der Waals surface area contributed by atoms with Gasteiger partial charge in [0.25, 0.3) is 0 Å². The SMILES string of the molecule is CCCNC(COCCCC(C)C)(C(=O)OCC)C1CC1. The molecule has 1 N–H and O–H groups in total. The molecular formula is C17H33NO3. The molecule has 21 heavy (non-hydrogen) atoms. The van der Waals surface area contributed by atoms with E-state index in [2.05, 4.69) is 26.1 Å². The van der Waals surface area contributed by atoms with Crippen molar-refractivity contribution in [1.29, 1.82) is 0 Å². The highest BCUT2D eigenvalue weighted by molar-refractivity contribution is 5.82. The fourth-order valence-electron chi connectivity index (χ4n) is 2.62. The molecule has 1 unspecified atom stereocenters. The molecule has 0 aromatic heterocycles. The second kappa shape index (κ2) is 9.42. The summed E-state index contributed by atoms with van der Waals surface area (Å²) in [7, 11) is 0. The molecule has 0 spiro atoms. The van der Waals surface area contributed by atoms with E-state index in [0.29, 0.717) is 25.0 Å². The van der Waals surface area contributed by atoms with Gasteiger partial charge in [-0.05, 0) is 57.4 Å². The summed E-state index contributed by atoms with van der Waals surface area (Å²) in [5, 5.41) is 3.43. The van der Waals surface area contributed by atoms with Crippen molar-refractivity contribution in [3.8, 4) is 0 Å². The molecule has 1 rings (SSSR count). The third-order valence-electron chi connectivity index (χ3n) is 4.00. The van der Waals surface area contributed by atoms with Crippen molar-refractivity contribution in [3.05, 3.63) is 0 Å². The lowest BCUT2D eigenvalue weighted by atomic mass is 9.93. The summed E-state index contributed by atoms with van der Waals surface area (Å²) in [6.07, 6.45) is 5.39. The van der Waals surface area contributed by atoms with E-state index in [4.69, 9.17) is 9.47 Å². The minimum absolute atomic E-state index is 0.134. The Balaban J connectivity index is 2.55. The molecule has 0 aliphatic heterocycles. The van der Waals surface area contributed by atoms with Gasteiger partial charge in [0.05, 0.1) is 13.2 Å². The van der Waals surface area contributed by atoms with Gasteiger partial charge < -0.3 is 9.47 Å². The number of hydrogen-bond donors (Lipinski definition) is 1. The zero-order valence-electron chi connectivity index (χ0n) is 14.2. The van der Waals surface area contributed by atoms with Gasteiger partial charge in [0.1, 0.15) is 5.54 Å². The summed E-state index contributed by atoms with van der Waals surface area (Å²) in [4.78, 5) is 12.5. The van der Waals surface area contributed by atoms with Crippen LogP contribution in [0.5, 0.6) is 0 Å². The topological polar surface area (TPSA) is 47.6 Å². The van der Waals surface area contributed by atoms with Crippen LogP contribution in [0.3, 0.4) is 0 Å². The summed E-state index contributed by atoms with van der Waals surface area (Å²) in [6, 6.07) is 0. The first-order valence-electron chi connectivity index (χ1n) is 8.56. The van der Waals surface area contributed by atoms with Crippen LogP contribution in [0.1, 0.15) is 59.8 Å². The molecule has 1 saturated carbocycles. The van der Waals surface area contributed by atoms with Crippen molar-refractivity contribution in [2.45, 2.75) is 65.3 Å². The molecule has 0 saturated heterocycles. The van der Waals surface area contributed by atoms with Crippen molar-refractivity contribution in [3.63, 3.8) is 0 Å². The lowest BCUT2D eigenvalue weighted by Crippen LogP contribution is -2.58. The molecule has 0 radical (unpaired) electrons. The van der Waals surface area contributed by atoms with E-state index in [1.165, 1.54) is 0 Å². The highest BCUT2D eigenvalue weighted by Gasteiger charge is 2.52. The second-order valence-electron chi connectivity index (χ2n) is 6.48. The summed E-state index contributed by atoms with van der Waals surface area (Å²) >= 11 is 0. The molecular weight excluding hydrogens is 266 g/mol. The van der Waals surface area contributed by atoms with Gasteiger partial charge in [-0.3, -0.25) is 5.32 Å². The van der Waals surface area contributed by atoms with Crippen molar-refractivity contribution >= 4 is 5.97 Å². The Hall–Kier alpha value is -0.610. The Bertz CT molecular complexity index is 302. The molecule has 0 aromatic carbocycles. The molecule has 1 aliphatic rings. The summed E-state index contributed by atoms with van der Waals surface area (Å²) in [6.45, 7) is 10.8. The van der Waals surface area contributed by atoms with Crippen LogP contribution in [-0.2, 0) is 14.3 Å². The van der Waals surface area contributed by atoms with Crippen LogP contribution in [0.25, 0.3) is 0 Å². The van der Waals surface area contributed by atoms with Gasteiger partial charge in [0.2, 0.25) is 0 Å². The molecule has 0 amide bonds. The highest BCUT2D eigenvalue weighted by Crippen LogP contribution is 2.41. The minimum atomic E-state index is -0.621. The molecule has 0 bridgehead atoms. The Morgan fingerprint density at radius 1 is 1.33 bits per heavy atom. The maximum atomic E-state index is 12.5. The fourth-order valence-corrected chi connectivity index (χ4v) is 2.62. The largest absolute Gasteiger partial charge is 0.465 e. The van der Waals surface area contributed by atoms with E-state index >= 15 is 0 Å². The monoisotopic (exact) mass is 299 g/mol. The average Bonchev–Trinajstić information content (AvgIpc) is 3.27. The van der Waals surface area contributed by atoms with E-state index in [-0.39, 0.29) is 5.97 Å². The van der Waals surface area contributed by atoms with Crippen LogP contribution in [0.2, 0.25) is 0 Å². The van der Waals surface area contributed by atoms with Crippen LogP contribution in [0.4, 0.5) is 0 Å². The van der Waals surface area contributed by atoms with Gasteiger partial charge in [-0.15, -0.1) is 0 Å². The maximum absolute atomic E-state index is 12.5. The van der Waals surface area contributed by atoms with Crippen molar-refractivity contribution in [2.75, 3.05) is 26.4 Å². The predicted molar refractivity (Wildman–Crippen MR) is 85.3 cm³/mol. The third-order valence-corrected chi connectivity index (χ3v) is 4.00. The van der Waals surface area contributed by atoms with E-state index in [1.807, 2.05) is 6.92 Å². The van der Waals surface area contributed by atoms with Crippen molar-refractivity contribution in [2.24, 2.45) is 11.8 Å². The molecule has 124 valence electrons. The minimum Gasteiger partial charge on any atom is -0.465 e. The number of rotatable bonds is 12. The van der Waals surface area contributed by atoms with E-state index in [1.54, 1.807) is 0 Å². The zero-order valence-corrected chi connectivity index (χ0v) is 14.2. The fraction of sp³-hybridized carbons (Fsp3) is 0.941. The third kappa shape index (κ3) is 5.95. The average molecular weight is 299 g/mol. The standard InChI is InChI=1S/C17H33NO3/c1-5-11-18-17(15-9-10-15,16(19)21-6-2)13-20-12-7-8-14(3)4/h14-15,18H,5-13H2,1-4H3. The number of carbonyl (C=O) groups excluding carboxylic acids is 1. The van der Waals surface area contributed by atoms with Gasteiger partial charge in [-0.1, -0.05) is 20.8 Å². The van der Waals surface area contributed by atoms with Crippen LogP contribution in [0.15, 0.2) is 0 Å². The maximum Gasteiger partial charge on any atom is 0.329 e. The number of ether oxygens (including phenoxy) is 2. The van der Waals surface area contributed by atoms with Gasteiger partial charge >= 0.3 is 5.97 Å². The Morgan fingerprint density at radius 2 is 2.05 bits per heavy atom. The first-order chi connectivity index (χ1) is 10.1. The highest BCUT2D eigenvalue weighted by atomic mass is 16.5. The van der Waals surface area contributed by atoms with Gasteiger partial charge in [0.15, 0.2) is 0 Å². The molecule has 1 aliphatic carbocycles. The summed E-state index contributed by atoms with van der Waals surface area (Å²) in [5.41, 5.74) is -0.621. The zero-order chi connectivity index (χ0) is 15.7. The lowest BCUT2D eigenvalue weighted by molar-refractivity contribution is -0.155. The number of carbonyl (C=O) groups is 1. The van der Waals surface area contributed by atoms with Crippen molar-refractivity contribution in [1.82, 2.24) is 5.32 Å². The Morgan fingerprint density at radius 3 is 2.57 bits per heavy atom. The molecule has 0 heterocycles. The molecule has 0 aromatic rings. The Kier molecular flexibility index (Phi) is 8.27. The van der Waals surface area contributed by atoms with E-state index in [0.717, 1.165) is 45.3 Å². The van der Waals surface area contributed by atoms with Crippen LogP contribution in [-0.4, -0.2) is 37.9 Å². The normalized spacial score (nSPS) is 17.8. The van der Waals surface area contributed by atoms with E-state index in [9.17, 15) is 4.79 Å². The molecule has 1 fully saturated rings. The Labute approximate surface area is 130 Å². The summed E-state index contributed by atoms with van der Waals surface area (Å²) < 4.78 is 11.2. The van der Waals surface area contributed by atoms with Crippen LogP contribution in [0, 0.1) is 11.8 Å². The number of hydrogen-bond acceptors (Lipinski definition) is 4. The number of nitrogens with one attached hydrogen (secondary N) is 1. The van der Waals surface area contributed by atoms with Gasteiger partial charge in [-0.25, -0.2) is 4.79 Å². The second-order valence-corrected chi connectivity index (χ2v) is 6.48. The summed E-state index contributed by atoms with van der Waals surface area (Å²) in [5.74, 6) is 0.933. The first kappa shape index (κ1) is 18.4. The van der Waals surface area contributed by atoms with Gasteiger partial charge in [-0.2, -0.15) is 0 Å². The van der Waals surface area contributed by atoms with E-state index < -0.39 is 5.54 Å². The lowest BCUT2D eigenvalue weighted by Gasteiger charge is -2.32. The predicted octanol–water partition coefficient (Wildman–Crippen LogP) is 3.15. The quantitative estimate of drug-likeness (QED) is 0.444. The number of esters is 1. The molecule has 4 nitrogen and oxygen atoms in total. The molecule has 4 heteroatoms. The van der Waals surface area contributed by atoms with Gasteiger partial charge in [0, 0.05) is 6.61 Å². The first-order valence-corrected chi connectivity index (χ1v) is 8.56. The van der Waals surface area contributed by atoms with Crippen molar-refractivity contribution < 1.29 is 14.3 Å². The molecule has 1 atom stereocenters. The van der Waals surface area contributed by atoms with Crippen LogP contribution >= 0.6 is 0 Å². The van der Waals surface area contributed by atoms with Crippen LogP contribution < -0.4 is 5.32 Å².